The summed E-state index contributed by atoms with van der Waals surface area (Å²) < 4.78 is 10.5. The third kappa shape index (κ3) is 3.94. The van der Waals surface area contributed by atoms with Crippen molar-refractivity contribution in [2.75, 3.05) is 20.8 Å². The molecule has 2 atom stereocenters. The van der Waals surface area contributed by atoms with Gasteiger partial charge in [0, 0.05) is 12.6 Å². The number of benzene rings is 1. The van der Waals surface area contributed by atoms with E-state index in [1.54, 1.807) is 31.3 Å². The molecule has 0 aliphatic carbocycles. The first kappa shape index (κ1) is 17.1. The van der Waals surface area contributed by atoms with Crippen molar-refractivity contribution in [2.24, 2.45) is 11.7 Å². The van der Waals surface area contributed by atoms with E-state index in [0.29, 0.717) is 18.0 Å². The SMILES string of the molecule is COc1ccc(CC(=O)N2C[C@@H](C(N)=O)CC[C@H]2C)cc1OC. The fourth-order valence-corrected chi connectivity index (χ4v) is 2.95. The molecule has 126 valence electrons. The average Bonchev–Trinajstić information content (AvgIpc) is 2.54. The number of likely N-dealkylation sites (tertiary alicyclic amines) is 1. The van der Waals surface area contributed by atoms with Crippen molar-refractivity contribution in [2.45, 2.75) is 32.2 Å². The van der Waals surface area contributed by atoms with Gasteiger partial charge >= 0.3 is 0 Å². The Morgan fingerprint density at radius 3 is 2.52 bits per heavy atom. The second-order valence-electron chi connectivity index (χ2n) is 5.94. The highest BCUT2D eigenvalue weighted by Crippen LogP contribution is 2.28. The summed E-state index contributed by atoms with van der Waals surface area (Å²) in [6.45, 7) is 2.41. The lowest BCUT2D eigenvalue weighted by molar-refractivity contribution is -0.136. The van der Waals surface area contributed by atoms with E-state index in [-0.39, 0.29) is 30.2 Å². The molecule has 0 radical (unpaired) electrons. The topological polar surface area (TPSA) is 81.9 Å². The number of nitrogens with two attached hydrogens (primary N) is 1. The van der Waals surface area contributed by atoms with Gasteiger partial charge < -0.3 is 20.1 Å². The molecule has 1 fully saturated rings. The van der Waals surface area contributed by atoms with E-state index in [4.69, 9.17) is 15.2 Å². The van der Waals surface area contributed by atoms with Crippen LogP contribution in [0.5, 0.6) is 11.5 Å². The molecule has 1 aromatic carbocycles. The number of primary amides is 1. The van der Waals surface area contributed by atoms with Gasteiger partial charge in [-0.05, 0) is 37.5 Å². The van der Waals surface area contributed by atoms with E-state index in [0.717, 1.165) is 18.4 Å². The van der Waals surface area contributed by atoms with Crippen molar-refractivity contribution >= 4 is 11.8 Å². The predicted octanol–water partition coefficient (Wildman–Crippen LogP) is 1.36. The van der Waals surface area contributed by atoms with E-state index in [9.17, 15) is 9.59 Å². The molecule has 0 aromatic heterocycles. The number of methoxy groups -OCH3 is 2. The number of hydrogen-bond acceptors (Lipinski definition) is 4. The standard InChI is InChI=1S/C17H24N2O4/c1-11-4-6-13(17(18)21)10-19(11)16(20)9-12-5-7-14(22-2)15(8-12)23-3/h5,7-8,11,13H,4,6,9-10H2,1-3H3,(H2,18,21)/t11-,13+/m1/s1. The molecule has 0 saturated carbocycles. The van der Waals surface area contributed by atoms with Crippen LogP contribution in [-0.2, 0) is 16.0 Å². The van der Waals surface area contributed by atoms with Crippen molar-refractivity contribution in [3.8, 4) is 11.5 Å². The largest absolute Gasteiger partial charge is 0.493 e. The molecular formula is C17H24N2O4. The number of amides is 2. The fourth-order valence-electron chi connectivity index (χ4n) is 2.95. The van der Waals surface area contributed by atoms with Gasteiger partial charge in [-0.1, -0.05) is 6.07 Å². The Labute approximate surface area is 136 Å². The molecule has 1 saturated heterocycles. The van der Waals surface area contributed by atoms with E-state index in [1.165, 1.54) is 0 Å². The fraction of sp³-hybridized carbons (Fsp3) is 0.529. The van der Waals surface area contributed by atoms with Crippen LogP contribution in [0.15, 0.2) is 18.2 Å². The second kappa shape index (κ2) is 7.35. The molecule has 23 heavy (non-hydrogen) atoms. The molecule has 6 nitrogen and oxygen atoms in total. The van der Waals surface area contributed by atoms with E-state index in [1.807, 2.05) is 13.0 Å². The van der Waals surface area contributed by atoms with Gasteiger partial charge in [-0.2, -0.15) is 0 Å². The Bertz CT molecular complexity index is 588. The van der Waals surface area contributed by atoms with Crippen LogP contribution >= 0.6 is 0 Å². The Hall–Kier alpha value is -2.24. The third-order valence-corrected chi connectivity index (χ3v) is 4.41. The molecule has 0 unspecified atom stereocenters. The molecule has 1 aliphatic heterocycles. The second-order valence-corrected chi connectivity index (χ2v) is 5.94. The molecule has 2 amide bonds. The van der Waals surface area contributed by atoms with E-state index < -0.39 is 0 Å². The number of carbonyl (C=O) groups excluding carboxylic acids is 2. The minimum absolute atomic E-state index is 0.00401. The average molecular weight is 320 g/mol. The Kier molecular flexibility index (Phi) is 5.47. The normalized spacial score (nSPS) is 20.9. The lowest BCUT2D eigenvalue weighted by Crippen LogP contribution is -2.49. The van der Waals surface area contributed by atoms with Gasteiger partial charge in [0.05, 0.1) is 26.6 Å². The number of carbonyl (C=O) groups is 2. The van der Waals surface area contributed by atoms with Crippen LogP contribution < -0.4 is 15.2 Å². The minimum atomic E-state index is -0.333. The number of ether oxygens (including phenoxy) is 2. The first-order valence-electron chi connectivity index (χ1n) is 7.76. The summed E-state index contributed by atoms with van der Waals surface area (Å²) >= 11 is 0. The zero-order chi connectivity index (χ0) is 17.0. The molecule has 6 heteroatoms. The number of nitrogens with zero attached hydrogens (tertiary/aromatic N) is 1. The Morgan fingerprint density at radius 1 is 1.22 bits per heavy atom. The lowest BCUT2D eigenvalue weighted by atomic mass is 9.92. The maximum atomic E-state index is 12.6. The summed E-state index contributed by atoms with van der Waals surface area (Å²) in [6.07, 6.45) is 1.80. The van der Waals surface area contributed by atoms with Crippen molar-refractivity contribution in [1.82, 2.24) is 4.90 Å². The zero-order valence-corrected chi connectivity index (χ0v) is 13.9. The van der Waals surface area contributed by atoms with E-state index in [2.05, 4.69) is 0 Å². The number of rotatable bonds is 5. The van der Waals surface area contributed by atoms with Gasteiger partial charge in [0.1, 0.15) is 0 Å². The molecule has 1 aromatic rings. The zero-order valence-electron chi connectivity index (χ0n) is 13.9. The smallest absolute Gasteiger partial charge is 0.227 e. The summed E-state index contributed by atoms with van der Waals surface area (Å²) in [5, 5.41) is 0. The van der Waals surface area contributed by atoms with E-state index >= 15 is 0 Å². The molecule has 0 spiro atoms. The van der Waals surface area contributed by atoms with Gasteiger partial charge in [0.15, 0.2) is 11.5 Å². The third-order valence-electron chi connectivity index (χ3n) is 4.41. The summed E-state index contributed by atoms with van der Waals surface area (Å²) in [5.41, 5.74) is 6.24. The minimum Gasteiger partial charge on any atom is -0.493 e. The highest BCUT2D eigenvalue weighted by Gasteiger charge is 2.31. The summed E-state index contributed by atoms with van der Waals surface area (Å²) in [5.74, 6) is 0.639. The van der Waals surface area contributed by atoms with Crippen LogP contribution in [0.4, 0.5) is 0 Å². The van der Waals surface area contributed by atoms with Crippen molar-refractivity contribution in [3.05, 3.63) is 23.8 Å². The van der Waals surface area contributed by atoms with Crippen LogP contribution in [0.3, 0.4) is 0 Å². The molecule has 1 heterocycles. The van der Waals surface area contributed by atoms with Gasteiger partial charge in [0.25, 0.3) is 0 Å². The first-order chi connectivity index (χ1) is 11.0. The van der Waals surface area contributed by atoms with Gasteiger partial charge in [-0.25, -0.2) is 0 Å². The molecule has 2 rings (SSSR count). The van der Waals surface area contributed by atoms with Gasteiger partial charge in [-0.15, -0.1) is 0 Å². The summed E-state index contributed by atoms with van der Waals surface area (Å²) in [7, 11) is 3.13. The maximum Gasteiger partial charge on any atom is 0.227 e. The summed E-state index contributed by atoms with van der Waals surface area (Å²) in [6, 6.07) is 5.56. The quantitative estimate of drug-likeness (QED) is 0.888. The van der Waals surface area contributed by atoms with Crippen molar-refractivity contribution in [1.29, 1.82) is 0 Å². The summed E-state index contributed by atoms with van der Waals surface area (Å²) in [4.78, 5) is 25.8. The molecular weight excluding hydrogens is 296 g/mol. The first-order valence-corrected chi connectivity index (χ1v) is 7.76. The van der Waals surface area contributed by atoms with Crippen LogP contribution in [0.25, 0.3) is 0 Å². The van der Waals surface area contributed by atoms with Crippen LogP contribution in [0, 0.1) is 5.92 Å². The predicted molar refractivity (Wildman–Crippen MR) is 86.3 cm³/mol. The van der Waals surface area contributed by atoms with Crippen molar-refractivity contribution in [3.63, 3.8) is 0 Å². The molecule has 0 bridgehead atoms. The Balaban J connectivity index is 2.10. The van der Waals surface area contributed by atoms with Crippen molar-refractivity contribution < 1.29 is 19.1 Å². The molecule has 1 aliphatic rings. The highest BCUT2D eigenvalue weighted by molar-refractivity contribution is 5.82. The van der Waals surface area contributed by atoms with Crippen LogP contribution in [-0.4, -0.2) is 43.5 Å². The lowest BCUT2D eigenvalue weighted by Gasteiger charge is -2.37. The number of piperidine rings is 1. The van der Waals surface area contributed by atoms with Crippen LogP contribution in [0.1, 0.15) is 25.3 Å². The Morgan fingerprint density at radius 2 is 1.91 bits per heavy atom. The van der Waals surface area contributed by atoms with Crippen LogP contribution in [0.2, 0.25) is 0 Å². The van der Waals surface area contributed by atoms with Gasteiger partial charge in [-0.3, -0.25) is 9.59 Å². The highest BCUT2D eigenvalue weighted by atomic mass is 16.5. The van der Waals surface area contributed by atoms with Gasteiger partial charge in [0.2, 0.25) is 11.8 Å². The maximum absolute atomic E-state index is 12.6. The molecule has 2 N–H and O–H groups in total. The number of hydrogen-bond donors (Lipinski definition) is 1. The monoisotopic (exact) mass is 320 g/mol.